The maximum absolute atomic E-state index is 2.99. The predicted molar refractivity (Wildman–Crippen MR) is 153 cm³/mol. The Bertz CT molecular complexity index is 837. The van der Waals surface area contributed by atoms with E-state index in [2.05, 4.69) is 88.4 Å². The summed E-state index contributed by atoms with van der Waals surface area (Å²) >= 11 is 2.53. The average molecular weight is 970 g/mol. The first kappa shape index (κ1) is 40.2. The zero-order valence-electron chi connectivity index (χ0n) is 23.8. The molecule has 0 amide bonds. The van der Waals surface area contributed by atoms with Gasteiger partial charge in [-0.05, 0) is 0 Å². The van der Waals surface area contributed by atoms with Crippen molar-refractivity contribution in [2.45, 2.75) is 91.9 Å². The molecule has 2 aromatic carbocycles. The molecule has 0 atom stereocenters. The molecular formula is C34H44Br2Hf2-2. The van der Waals surface area contributed by atoms with Crippen LogP contribution in [0.1, 0.15) is 88.5 Å². The molecular weight excluding hydrogens is 925 g/mol. The Morgan fingerprint density at radius 1 is 0.632 bits per heavy atom. The molecule has 38 heavy (non-hydrogen) atoms. The van der Waals surface area contributed by atoms with Crippen LogP contribution in [0, 0.1) is 12.2 Å². The first-order valence-electron chi connectivity index (χ1n) is 13.3. The number of halogens is 2. The van der Waals surface area contributed by atoms with Gasteiger partial charge in [0.05, 0.1) is 0 Å². The van der Waals surface area contributed by atoms with E-state index < -0.39 is 0 Å². The Kier molecular flexibility index (Phi) is 28.9. The van der Waals surface area contributed by atoms with Crippen LogP contribution in [0.15, 0.2) is 72.9 Å². The molecule has 0 saturated heterocycles. The third-order valence-corrected chi connectivity index (χ3v) is 5.47. The van der Waals surface area contributed by atoms with Crippen molar-refractivity contribution in [2.75, 3.05) is 0 Å². The number of hydrogen-bond donors (Lipinski definition) is 0. The van der Waals surface area contributed by atoms with Crippen molar-refractivity contribution in [2.24, 2.45) is 0 Å². The quantitative estimate of drug-likeness (QED) is 0.282. The van der Waals surface area contributed by atoms with Gasteiger partial charge in [0.25, 0.3) is 0 Å². The Labute approximate surface area is 284 Å². The van der Waals surface area contributed by atoms with Crippen LogP contribution in [0.3, 0.4) is 0 Å². The summed E-state index contributed by atoms with van der Waals surface area (Å²) in [7, 11) is 0. The Morgan fingerprint density at radius 2 is 0.974 bits per heavy atom. The van der Waals surface area contributed by atoms with E-state index in [9.17, 15) is 0 Å². The summed E-state index contributed by atoms with van der Waals surface area (Å²) in [5, 5.41) is 0. The molecule has 0 unspecified atom stereocenters. The molecule has 0 N–H and O–H groups in total. The molecule has 2 aromatic rings. The zero-order valence-corrected chi connectivity index (χ0v) is 34.1. The minimum absolute atomic E-state index is 0. The zero-order chi connectivity index (χ0) is 26.4. The van der Waals surface area contributed by atoms with Crippen molar-refractivity contribution in [1.29, 1.82) is 0 Å². The third kappa shape index (κ3) is 22.9. The summed E-state index contributed by atoms with van der Waals surface area (Å²) in [6.45, 7) is 8.58. The van der Waals surface area contributed by atoms with E-state index in [4.69, 9.17) is 0 Å². The number of aryl methyl sites for hydroxylation is 4. The molecule has 0 bridgehead atoms. The van der Waals surface area contributed by atoms with Gasteiger partial charge in [-0.1, -0.05) is 51.4 Å². The van der Waals surface area contributed by atoms with Gasteiger partial charge < -0.3 is 34.0 Å². The monoisotopic (exact) mass is 970 g/mol. The molecule has 204 valence electrons. The van der Waals surface area contributed by atoms with Crippen LogP contribution < -0.4 is 34.0 Å². The summed E-state index contributed by atoms with van der Waals surface area (Å²) < 4.78 is 3.11. The first-order valence-corrected chi connectivity index (χ1v) is 16.9. The topological polar surface area (TPSA) is 0 Å². The summed E-state index contributed by atoms with van der Waals surface area (Å²) in [6.07, 6.45) is 30.9. The second kappa shape index (κ2) is 27.3. The maximum atomic E-state index is 2.99. The van der Waals surface area contributed by atoms with Crippen LogP contribution in [0.5, 0.6) is 0 Å². The summed E-state index contributed by atoms with van der Waals surface area (Å²) in [4.78, 5) is 0. The van der Waals surface area contributed by atoms with Gasteiger partial charge >= 0.3 is 82.0 Å². The van der Waals surface area contributed by atoms with E-state index >= 15 is 0 Å². The maximum Gasteiger partial charge on any atom is -0.0512 e. The van der Waals surface area contributed by atoms with Gasteiger partial charge in [0, 0.05) is 0 Å². The van der Waals surface area contributed by atoms with Crippen LogP contribution >= 0.6 is 0 Å². The fraction of sp³-hybridized carbons (Fsp3) is 0.412. The van der Waals surface area contributed by atoms with Gasteiger partial charge in [-0.2, -0.15) is 58.7 Å². The normalized spacial score (nSPS) is 14.3. The van der Waals surface area contributed by atoms with E-state index in [1.54, 1.807) is 28.8 Å². The van der Waals surface area contributed by atoms with E-state index in [1.165, 1.54) is 99.2 Å². The van der Waals surface area contributed by atoms with Gasteiger partial charge in [-0.3, -0.25) is 12.2 Å². The SMILES string of the molecule is C[C](C)=[Hf+2].C[C](C)=[Hf+2].[Br-].[Br-].[C-]1=CC=CC1.[C-]1=CC=CC1.c1cc2c([cH-]1)CCCC2.c1cc2c([cH-]1)CCCC2. The molecule has 4 heteroatoms. The molecule has 6 rings (SSSR count). The molecule has 0 heterocycles. The van der Waals surface area contributed by atoms with E-state index in [0.717, 1.165) is 12.8 Å². The van der Waals surface area contributed by atoms with Crippen LogP contribution in [0.4, 0.5) is 0 Å². The Hall–Kier alpha value is 0.100. The van der Waals surface area contributed by atoms with Gasteiger partial charge in [0.1, 0.15) is 0 Å². The largest absolute Gasteiger partial charge is 1.00 e. The summed E-state index contributed by atoms with van der Waals surface area (Å²) in [6, 6.07) is 13.4. The molecule has 0 radical (unpaired) electrons. The van der Waals surface area contributed by atoms with E-state index in [-0.39, 0.29) is 34.0 Å². The number of allylic oxidation sites excluding steroid dienone is 8. The minimum Gasteiger partial charge on any atom is -1.00 e. The number of hydrogen-bond acceptors (Lipinski definition) is 0. The smallest absolute Gasteiger partial charge is 0.0512 e. The summed E-state index contributed by atoms with van der Waals surface area (Å²) in [5.41, 5.74) is 6.39. The van der Waals surface area contributed by atoms with Crippen LogP contribution in [-0.4, -0.2) is 6.51 Å². The number of rotatable bonds is 0. The van der Waals surface area contributed by atoms with Gasteiger partial charge in [0.2, 0.25) is 0 Å². The summed E-state index contributed by atoms with van der Waals surface area (Å²) in [5.74, 6) is 0. The van der Waals surface area contributed by atoms with Crippen LogP contribution in [0.25, 0.3) is 0 Å². The minimum atomic E-state index is 0. The van der Waals surface area contributed by atoms with Gasteiger partial charge in [-0.15, -0.1) is 12.8 Å². The molecule has 0 spiro atoms. The standard InChI is InChI=1S/2C9H11.2C5H5.2C3H6.2BrH.2Hf/c2*1-2-5-9-7-3-6-8(9)4-1;2*1-2-4-5-3-1;2*1-3-2;;;;/h2*3,6-7H,1-2,4-5H2;2*1-3H,4H2;2*1-2H3;2*1H;;/q4*-1;;;;;2*+2/p-2. The van der Waals surface area contributed by atoms with Crippen molar-refractivity contribution < 1.29 is 81.7 Å². The molecule has 0 aliphatic heterocycles. The second-order valence-electron chi connectivity index (χ2n) is 9.57. The number of fused-ring (bicyclic) bond motifs is 2. The van der Waals surface area contributed by atoms with Crippen molar-refractivity contribution in [1.82, 2.24) is 0 Å². The Balaban J connectivity index is 0. The molecule has 0 aromatic heterocycles. The third-order valence-electron chi connectivity index (χ3n) is 5.47. The first-order chi connectivity index (χ1) is 17.4. The fourth-order valence-electron chi connectivity index (χ4n) is 3.91. The van der Waals surface area contributed by atoms with Crippen molar-refractivity contribution in [3.8, 4) is 0 Å². The molecule has 0 fully saturated rings. The van der Waals surface area contributed by atoms with Crippen LogP contribution in [0.2, 0.25) is 0 Å². The average Bonchev–Trinajstić information content (AvgIpc) is 3.68. The van der Waals surface area contributed by atoms with Gasteiger partial charge in [0.15, 0.2) is 0 Å². The molecule has 4 aliphatic carbocycles. The van der Waals surface area contributed by atoms with Crippen molar-refractivity contribution in [3.63, 3.8) is 0 Å². The fourth-order valence-corrected chi connectivity index (χ4v) is 3.91. The van der Waals surface area contributed by atoms with Crippen molar-refractivity contribution >= 4 is 6.51 Å². The van der Waals surface area contributed by atoms with Crippen LogP contribution in [-0.2, 0) is 73.5 Å². The van der Waals surface area contributed by atoms with E-state index in [1.807, 2.05) is 24.3 Å². The Morgan fingerprint density at radius 3 is 1.21 bits per heavy atom. The van der Waals surface area contributed by atoms with Gasteiger partial charge in [-0.25, -0.2) is 36.4 Å². The molecule has 0 nitrogen and oxygen atoms in total. The van der Waals surface area contributed by atoms with Crippen molar-refractivity contribution in [3.05, 3.63) is 107 Å². The molecule has 0 saturated carbocycles. The predicted octanol–water partition coefficient (Wildman–Crippen LogP) is 2.68. The van der Waals surface area contributed by atoms with E-state index in [0.29, 0.717) is 0 Å². The molecule has 4 aliphatic rings. The second-order valence-corrected chi connectivity index (χ2v) is 16.8.